The van der Waals surface area contributed by atoms with Crippen LogP contribution in [0.4, 0.5) is 0 Å². The number of aliphatic hydroxyl groups excluding tert-OH is 1. The van der Waals surface area contributed by atoms with Crippen LogP contribution in [-0.4, -0.2) is 34.2 Å². The molecule has 1 saturated heterocycles. The number of nitrogens with zero attached hydrogens (tertiary/aromatic N) is 2. The van der Waals surface area contributed by atoms with Gasteiger partial charge in [-0.25, -0.2) is 0 Å². The third-order valence-corrected chi connectivity index (χ3v) is 3.80. The van der Waals surface area contributed by atoms with Gasteiger partial charge in [0.2, 0.25) is 0 Å². The first-order chi connectivity index (χ1) is 8.88. The number of hydrogen-bond donors (Lipinski definition) is 1. The summed E-state index contributed by atoms with van der Waals surface area (Å²) in [5.41, 5.74) is 2.34. The Kier molecular flexibility index (Phi) is 3.26. The molecule has 0 aliphatic carbocycles. The number of para-hydroxylation sites is 1. The van der Waals surface area contributed by atoms with Gasteiger partial charge in [0.1, 0.15) is 0 Å². The standard InChI is InChI=1S/C15H18N2O/c18-11-14-7-3-9-17(14)10-13-5-1-4-12-6-2-8-16-15(12)13/h1-2,4-6,8,14,18H,3,7,9-11H2. The van der Waals surface area contributed by atoms with Gasteiger partial charge in [-0.1, -0.05) is 24.3 Å². The minimum absolute atomic E-state index is 0.262. The van der Waals surface area contributed by atoms with Gasteiger partial charge in [0.05, 0.1) is 12.1 Å². The fourth-order valence-electron chi connectivity index (χ4n) is 2.82. The predicted octanol–water partition coefficient (Wildman–Crippen LogP) is 2.19. The summed E-state index contributed by atoms with van der Waals surface area (Å²) in [7, 11) is 0. The summed E-state index contributed by atoms with van der Waals surface area (Å²) >= 11 is 0. The topological polar surface area (TPSA) is 36.4 Å². The fourth-order valence-corrected chi connectivity index (χ4v) is 2.82. The molecule has 0 spiro atoms. The van der Waals surface area contributed by atoms with Crippen molar-refractivity contribution < 1.29 is 5.11 Å². The molecular formula is C15H18N2O. The van der Waals surface area contributed by atoms with Gasteiger partial charge < -0.3 is 5.11 Å². The largest absolute Gasteiger partial charge is 0.395 e. The van der Waals surface area contributed by atoms with Gasteiger partial charge in [-0.15, -0.1) is 0 Å². The number of likely N-dealkylation sites (tertiary alicyclic amines) is 1. The van der Waals surface area contributed by atoms with Crippen LogP contribution < -0.4 is 0 Å². The van der Waals surface area contributed by atoms with Crippen LogP contribution in [0.2, 0.25) is 0 Å². The first-order valence-electron chi connectivity index (χ1n) is 6.56. The number of fused-ring (bicyclic) bond motifs is 1. The molecule has 1 aliphatic heterocycles. The Morgan fingerprint density at radius 1 is 1.28 bits per heavy atom. The van der Waals surface area contributed by atoms with Gasteiger partial charge in [0.25, 0.3) is 0 Å². The molecule has 0 saturated carbocycles. The Balaban J connectivity index is 1.90. The Morgan fingerprint density at radius 3 is 3.06 bits per heavy atom. The van der Waals surface area contributed by atoms with E-state index in [0.29, 0.717) is 6.04 Å². The first kappa shape index (κ1) is 11.6. The van der Waals surface area contributed by atoms with E-state index >= 15 is 0 Å². The van der Waals surface area contributed by atoms with Crippen LogP contribution in [0.3, 0.4) is 0 Å². The molecule has 1 fully saturated rings. The number of aliphatic hydroxyl groups is 1. The van der Waals surface area contributed by atoms with Crippen molar-refractivity contribution >= 4 is 10.9 Å². The van der Waals surface area contributed by atoms with Crippen molar-refractivity contribution in [3.63, 3.8) is 0 Å². The lowest BCUT2D eigenvalue weighted by atomic mass is 10.1. The molecule has 0 bridgehead atoms. The molecule has 2 heterocycles. The van der Waals surface area contributed by atoms with Crippen LogP contribution in [0, 0.1) is 0 Å². The van der Waals surface area contributed by atoms with E-state index in [2.05, 4.69) is 34.1 Å². The van der Waals surface area contributed by atoms with Gasteiger partial charge in [-0.2, -0.15) is 0 Å². The van der Waals surface area contributed by atoms with Crippen LogP contribution in [0.5, 0.6) is 0 Å². The Hall–Kier alpha value is -1.45. The molecule has 2 aromatic rings. The molecule has 1 aliphatic rings. The SMILES string of the molecule is OCC1CCCN1Cc1cccc2cccnc12. The maximum absolute atomic E-state index is 9.37. The van der Waals surface area contributed by atoms with Crippen LogP contribution in [-0.2, 0) is 6.54 Å². The summed E-state index contributed by atoms with van der Waals surface area (Å²) in [6.07, 6.45) is 4.14. The summed E-state index contributed by atoms with van der Waals surface area (Å²) in [6.45, 7) is 2.23. The molecule has 3 heteroatoms. The molecule has 0 amide bonds. The molecule has 1 aromatic carbocycles. The summed E-state index contributed by atoms with van der Waals surface area (Å²) in [5.74, 6) is 0. The molecule has 94 valence electrons. The highest BCUT2D eigenvalue weighted by Crippen LogP contribution is 2.23. The van der Waals surface area contributed by atoms with E-state index in [1.54, 1.807) is 0 Å². The predicted molar refractivity (Wildman–Crippen MR) is 72.3 cm³/mol. The number of pyridine rings is 1. The van der Waals surface area contributed by atoms with Crippen LogP contribution in [0.25, 0.3) is 10.9 Å². The summed E-state index contributed by atoms with van der Waals surface area (Å²) in [5, 5.41) is 10.6. The van der Waals surface area contributed by atoms with Crippen LogP contribution in [0.1, 0.15) is 18.4 Å². The highest BCUT2D eigenvalue weighted by atomic mass is 16.3. The monoisotopic (exact) mass is 242 g/mol. The average molecular weight is 242 g/mol. The second-order valence-electron chi connectivity index (χ2n) is 4.94. The highest BCUT2D eigenvalue weighted by Gasteiger charge is 2.23. The lowest BCUT2D eigenvalue weighted by Crippen LogP contribution is -2.31. The Bertz CT molecular complexity index is 536. The molecule has 18 heavy (non-hydrogen) atoms. The average Bonchev–Trinajstić information content (AvgIpc) is 2.86. The van der Waals surface area contributed by atoms with Gasteiger partial charge in [0, 0.05) is 24.2 Å². The minimum Gasteiger partial charge on any atom is -0.395 e. The zero-order valence-electron chi connectivity index (χ0n) is 10.4. The first-order valence-corrected chi connectivity index (χ1v) is 6.56. The zero-order valence-corrected chi connectivity index (χ0v) is 10.4. The Labute approximate surface area is 107 Å². The molecule has 1 aromatic heterocycles. The number of hydrogen-bond acceptors (Lipinski definition) is 3. The maximum atomic E-state index is 9.37. The quantitative estimate of drug-likeness (QED) is 0.896. The molecular weight excluding hydrogens is 224 g/mol. The maximum Gasteiger partial charge on any atom is 0.0746 e. The summed E-state index contributed by atoms with van der Waals surface area (Å²) in [4.78, 5) is 6.85. The van der Waals surface area contributed by atoms with Crippen molar-refractivity contribution in [3.05, 3.63) is 42.1 Å². The van der Waals surface area contributed by atoms with E-state index in [0.717, 1.165) is 25.0 Å². The molecule has 0 radical (unpaired) electrons. The molecule has 3 nitrogen and oxygen atoms in total. The Morgan fingerprint density at radius 2 is 2.17 bits per heavy atom. The fraction of sp³-hybridized carbons (Fsp3) is 0.400. The van der Waals surface area contributed by atoms with E-state index in [9.17, 15) is 5.11 Å². The van der Waals surface area contributed by atoms with Crippen molar-refractivity contribution in [2.45, 2.75) is 25.4 Å². The lowest BCUT2D eigenvalue weighted by molar-refractivity contribution is 0.154. The minimum atomic E-state index is 0.262. The molecule has 1 N–H and O–H groups in total. The molecule has 3 rings (SSSR count). The number of rotatable bonds is 3. The van der Waals surface area contributed by atoms with E-state index in [1.165, 1.54) is 17.4 Å². The third-order valence-electron chi connectivity index (χ3n) is 3.80. The van der Waals surface area contributed by atoms with Crippen LogP contribution in [0.15, 0.2) is 36.5 Å². The highest BCUT2D eigenvalue weighted by molar-refractivity contribution is 5.81. The van der Waals surface area contributed by atoms with Gasteiger partial charge in [-0.3, -0.25) is 9.88 Å². The van der Waals surface area contributed by atoms with Crippen molar-refractivity contribution in [3.8, 4) is 0 Å². The van der Waals surface area contributed by atoms with E-state index < -0.39 is 0 Å². The van der Waals surface area contributed by atoms with Gasteiger partial charge in [0.15, 0.2) is 0 Å². The number of benzene rings is 1. The van der Waals surface area contributed by atoms with Crippen molar-refractivity contribution in [1.82, 2.24) is 9.88 Å². The second kappa shape index (κ2) is 5.04. The van der Waals surface area contributed by atoms with E-state index in [1.807, 2.05) is 12.3 Å². The smallest absolute Gasteiger partial charge is 0.0746 e. The zero-order chi connectivity index (χ0) is 12.4. The normalized spacial score (nSPS) is 20.6. The van der Waals surface area contributed by atoms with Crippen molar-refractivity contribution in [2.24, 2.45) is 0 Å². The van der Waals surface area contributed by atoms with Crippen LogP contribution >= 0.6 is 0 Å². The van der Waals surface area contributed by atoms with Crippen molar-refractivity contribution in [1.29, 1.82) is 0 Å². The summed E-state index contributed by atoms with van der Waals surface area (Å²) in [6, 6.07) is 10.7. The number of aromatic nitrogens is 1. The molecule has 1 unspecified atom stereocenters. The lowest BCUT2D eigenvalue weighted by Gasteiger charge is -2.23. The van der Waals surface area contributed by atoms with E-state index in [4.69, 9.17) is 0 Å². The third kappa shape index (κ3) is 2.11. The van der Waals surface area contributed by atoms with Gasteiger partial charge >= 0.3 is 0 Å². The van der Waals surface area contributed by atoms with Gasteiger partial charge in [-0.05, 0) is 31.0 Å². The van der Waals surface area contributed by atoms with E-state index in [-0.39, 0.29) is 6.61 Å². The van der Waals surface area contributed by atoms with Crippen molar-refractivity contribution in [2.75, 3.05) is 13.2 Å². The summed E-state index contributed by atoms with van der Waals surface area (Å²) < 4.78 is 0. The second-order valence-corrected chi connectivity index (χ2v) is 4.94. The molecule has 1 atom stereocenters.